The molecule has 28 heavy (non-hydrogen) atoms. The Morgan fingerprint density at radius 1 is 1.25 bits per heavy atom. The molecule has 2 N–H and O–H groups in total. The molecular formula is C20H22N6O2. The van der Waals surface area contributed by atoms with Crippen molar-refractivity contribution in [2.24, 2.45) is 0 Å². The second kappa shape index (κ2) is 7.67. The molecule has 2 amide bonds. The molecule has 0 saturated heterocycles. The Balaban J connectivity index is 1.34. The highest BCUT2D eigenvalue weighted by Gasteiger charge is 2.28. The Morgan fingerprint density at radius 2 is 2.07 bits per heavy atom. The van der Waals surface area contributed by atoms with E-state index in [0.717, 1.165) is 17.1 Å². The lowest BCUT2D eigenvalue weighted by atomic mass is 10.1. The van der Waals surface area contributed by atoms with Gasteiger partial charge in [-0.3, -0.25) is 14.3 Å². The summed E-state index contributed by atoms with van der Waals surface area (Å²) >= 11 is 0. The van der Waals surface area contributed by atoms with Gasteiger partial charge in [0, 0.05) is 25.4 Å². The normalized spacial score (nSPS) is 15.2. The monoisotopic (exact) mass is 378 g/mol. The molecule has 1 aliphatic heterocycles. The fourth-order valence-corrected chi connectivity index (χ4v) is 3.45. The van der Waals surface area contributed by atoms with E-state index in [4.69, 9.17) is 0 Å². The minimum Gasteiger partial charge on any atom is -0.350 e. The molecule has 4 rings (SSSR count). The molecule has 3 heterocycles. The maximum atomic E-state index is 12.6. The summed E-state index contributed by atoms with van der Waals surface area (Å²) in [6.45, 7) is 3.12. The number of fused-ring (bicyclic) bond motifs is 1. The molecule has 0 saturated carbocycles. The molecule has 2 aromatic heterocycles. The van der Waals surface area contributed by atoms with Crippen LogP contribution in [-0.2, 0) is 30.8 Å². The second-order valence-electron chi connectivity index (χ2n) is 6.93. The summed E-state index contributed by atoms with van der Waals surface area (Å²) in [5.41, 5.74) is 2.47. The topological polar surface area (TPSA) is 93.8 Å². The molecule has 1 aliphatic rings. The van der Waals surface area contributed by atoms with Crippen molar-refractivity contribution in [2.45, 2.75) is 39.0 Å². The van der Waals surface area contributed by atoms with Crippen molar-refractivity contribution in [3.8, 4) is 0 Å². The highest BCUT2D eigenvalue weighted by molar-refractivity contribution is 5.95. The molecule has 0 spiro atoms. The summed E-state index contributed by atoms with van der Waals surface area (Å²) in [5, 5.41) is 10.3. The number of carbonyl (C=O) groups excluding carboxylic acids is 2. The number of aromatic nitrogens is 4. The van der Waals surface area contributed by atoms with Crippen molar-refractivity contribution in [2.75, 3.05) is 0 Å². The van der Waals surface area contributed by atoms with E-state index < -0.39 is 0 Å². The van der Waals surface area contributed by atoms with Crippen LogP contribution in [0.5, 0.6) is 0 Å². The third-order valence-electron chi connectivity index (χ3n) is 4.92. The minimum absolute atomic E-state index is 0.0688. The van der Waals surface area contributed by atoms with Gasteiger partial charge >= 0.3 is 0 Å². The Morgan fingerprint density at radius 3 is 2.82 bits per heavy atom. The van der Waals surface area contributed by atoms with Gasteiger partial charge in [-0.1, -0.05) is 30.3 Å². The first-order valence-corrected chi connectivity index (χ1v) is 9.24. The van der Waals surface area contributed by atoms with Crippen molar-refractivity contribution >= 4 is 11.8 Å². The van der Waals surface area contributed by atoms with Gasteiger partial charge < -0.3 is 15.2 Å². The van der Waals surface area contributed by atoms with E-state index in [-0.39, 0.29) is 24.4 Å². The highest BCUT2D eigenvalue weighted by atomic mass is 16.2. The molecule has 144 valence electrons. The van der Waals surface area contributed by atoms with Crippen LogP contribution in [-0.4, -0.2) is 37.2 Å². The first-order chi connectivity index (χ1) is 13.6. The molecule has 0 fully saturated rings. The van der Waals surface area contributed by atoms with E-state index in [9.17, 15) is 9.59 Å². The third kappa shape index (κ3) is 3.80. The number of hydrogen-bond donors (Lipinski definition) is 2. The predicted molar refractivity (Wildman–Crippen MR) is 102 cm³/mol. The maximum absolute atomic E-state index is 12.6. The zero-order chi connectivity index (χ0) is 19.5. The first kappa shape index (κ1) is 18.0. The van der Waals surface area contributed by atoms with Crippen LogP contribution in [0.4, 0.5) is 0 Å². The summed E-state index contributed by atoms with van der Waals surface area (Å²) in [4.78, 5) is 29.0. The molecule has 0 aliphatic carbocycles. The average Bonchev–Trinajstić information content (AvgIpc) is 3.37. The molecule has 0 radical (unpaired) electrons. The zero-order valence-corrected chi connectivity index (χ0v) is 15.6. The Kier molecular flexibility index (Phi) is 4.92. The number of imidazole rings is 1. The van der Waals surface area contributed by atoms with Crippen molar-refractivity contribution in [1.82, 2.24) is 30.0 Å². The van der Waals surface area contributed by atoms with Gasteiger partial charge in [0.25, 0.3) is 5.91 Å². The second-order valence-corrected chi connectivity index (χ2v) is 6.93. The van der Waals surface area contributed by atoms with E-state index >= 15 is 0 Å². The van der Waals surface area contributed by atoms with Crippen LogP contribution in [0.1, 0.15) is 27.4 Å². The van der Waals surface area contributed by atoms with E-state index in [0.29, 0.717) is 25.1 Å². The molecule has 3 aromatic rings. The van der Waals surface area contributed by atoms with E-state index in [1.165, 1.54) is 0 Å². The van der Waals surface area contributed by atoms with Gasteiger partial charge in [-0.2, -0.15) is 5.10 Å². The van der Waals surface area contributed by atoms with Gasteiger partial charge in [-0.25, -0.2) is 4.98 Å². The lowest BCUT2D eigenvalue weighted by Crippen LogP contribution is -2.38. The van der Waals surface area contributed by atoms with Gasteiger partial charge in [-0.15, -0.1) is 0 Å². The molecule has 1 atom stereocenters. The Hall–Kier alpha value is -3.42. The Labute approximate surface area is 162 Å². The number of carbonyl (C=O) groups is 2. The summed E-state index contributed by atoms with van der Waals surface area (Å²) < 4.78 is 3.59. The standard InChI is InChI=1S/C20H22N6O2/c1-14-21-7-8-25(14)13-19(27)24-16-9-18-17(11-23-26(18)12-16)20(28)22-10-15-5-3-2-4-6-15/h2-8,11,16H,9-10,12-13H2,1H3,(H,22,28)(H,24,27)/t16-/m0/s1. The molecular weight excluding hydrogens is 356 g/mol. The molecule has 8 heteroatoms. The number of rotatable bonds is 6. The number of nitrogens with one attached hydrogen (secondary N) is 2. The number of benzene rings is 1. The molecule has 1 aromatic carbocycles. The van der Waals surface area contributed by atoms with Crippen molar-refractivity contribution < 1.29 is 9.59 Å². The highest BCUT2D eigenvalue weighted by Crippen LogP contribution is 2.19. The number of amides is 2. The summed E-state index contributed by atoms with van der Waals surface area (Å²) in [6.07, 6.45) is 5.64. The molecule has 0 unspecified atom stereocenters. The summed E-state index contributed by atoms with van der Waals surface area (Å²) in [6, 6.07) is 9.70. The maximum Gasteiger partial charge on any atom is 0.255 e. The lowest BCUT2D eigenvalue weighted by molar-refractivity contribution is -0.122. The number of hydrogen-bond acceptors (Lipinski definition) is 4. The quantitative estimate of drug-likeness (QED) is 0.671. The summed E-state index contributed by atoms with van der Waals surface area (Å²) in [5.74, 6) is 0.574. The van der Waals surface area contributed by atoms with E-state index in [2.05, 4.69) is 20.7 Å². The fraction of sp³-hybridized carbons (Fsp3) is 0.300. The van der Waals surface area contributed by atoms with Crippen molar-refractivity contribution in [3.63, 3.8) is 0 Å². The minimum atomic E-state index is -0.147. The largest absolute Gasteiger partial charge is 0.350 e. The first-order valence-electron chi connectivity index (χ1n) is 9.24. The van der Waals surface area contributed by atoms with Crippen LogP contribution in [0.25, 0.3) is 0 Å². The van der Waals surface area contributed by atoms with Gasteiger partial charge in [0.15, 0.2) is 0 Å². The lowest BCUT2D eigenvalue weighted by Gasteiger charge is -2.12. The van der Waals surface area contributed by atoms with Crippen LogP contribution in [0.2, 0.25) is 0 Å². The molecule has 0 bridgehead atoms. The molecule has 8 nitrogen and oxygen atoms in total. The summed E-state index contributed by atoms with van der Waals surface area (Å²) in [7, 11) is 0. The predicted octanol–water partition coefficient (Wildman–Crippen LogP) is 1.06. The Bertz CT molecular complexity index is 991. The fourth-order valence-electron chi connectivity index (χ4n) is 3.45. The van der Waals surface area contributed by atoms with E-state index in [1.54, 1.807) is 27.8 Å². The average molecular weight is 378 g/mol. The smallest absolute Gasteiger partial charge is 0.255 e. The third-order valence-corrected chi connectivity index (χ3v) is 4.92. The number of aryl methyl sites for hydroxylation is 1. The van der Waals surface area contributed by atoms with Crippen molar-refractivity contribution in [1.29, 1.82) is 0 Å². The van der Waals surface area contributed by atoms with Gasteiger partial charge in [-0.05, 0) is 12.5 Å². The van der Waals surface area contributed by atoms with Gasteiger partial charge in [0.05, 0.1) is 30.0 Å². The van der Waals surface area contributed by atoms with E-state index in [1.807, 2.05) is 37.3 Å². The zero-order valence-electron chi connectivity index (χ0n) is 15.6. The van der Waals surface area contributed by atoms with Gasteiger partial charge in [0.2, 0.25) is 5.91 Å². The van der Waals surface area contributed by atoms with Crippen LogP contribution in [0, 0.1) is 6.92 Å². The van der Waals surface area contributed by atoms with Gasteiger partial charge in [0.1, 0.15) is 12.4 Å². The van der Waals surface area contributed by atoms with Crippen LogP contribution < -0.4 is 10.6 Å². The van der Waals surface area contributed by atoms with Crippen LogP contribution >= 0.6 is 0 Å². The SMILES string of the molecule is Cc1nccn1CC(=O)N[C@H]1Cc2c(C(=O)NCc3ccccc3)cnn2C1. The van der Waals surface area contributed by atoms with Crippen LogP contribution in [0.3, 0.4) is 0 Å². The van der Waals surface area contributed by atoms with Crippen LogP contribution in [0.15, 0.2) is 48.9 Å². The number of nitrogens with zero attached hydrogens (tertiary/aromatic N) is 4. The van der Waals surface area contributed by atoms with Crippen molar-refractivity contribution in [3.05, 3.63) is 71.6 Å².